The van der Waals surface area contributed by atoms with Crippen molar-refractivity contribution in [3.63, 3.8) is 0 Å². The van der Waals surface area contributed by atoms with Crippen LogP contribution < -0.4 is 5.32 Å². The van der Waals surface area contributed by atoms with E-state index >= 15 is 0 Å². The quantitative estimate of drug-likeness (QED) is 0.808. The summed E-state index contributed by atoms with van der Waals surface area (Å²) < 4.78 is 0. The van der Waals surface area contributed by atoms with Crippen LogP contribution in [0.1, 0.15) is 41.0 Å². The number of hydrogen-bond acceptors (Lipinski definition) is 2. The van der Waals surface area contributed by atoms with Crippen molar-refractivity contribution in [2.45, 2.75) is 33.2 Å². The van der Waals surface area contributed by atoms with E-state index in [1.165, 1.54) is 21.6 Å². The fourth-order valence-electron chi connectivity index (χ4n) is 2.25. The van der Waals surface area contributed by atoms with Gasteiger partial charge in [-0.05, 0) is 61.0 Å². The maximum absolute atomic E-state index is 6.27. The normalized spacial score (nSPS) is 12.6. The zero-order valence-corrected chi connectivity index (χ0v) is 13.2. The number of nitrogens with one attached hydrogen (secondary N) is 1. The summed E-state index contributed by atoms with van der Waals surface area (Å²) in [4.78, 5) is 1.39. The van der Waals surface area contributed by atoms with Crippen molar-refractivity contribution >= 4 is 22.9 Å². The second-order valence-corrected chi connectivity index (χ2v) is 6.16. The third-order valence-corrected chi connectivity index (χ3v) is 4.88. The van der Waals surface area contributed by atoms with E-state index in [0.717, 1.165) is 18.0 Å². The molecule has 0 spiro atoms. The molecular weight excluding hydrogens is 274 g/mol. The van der Waals surface area contributed by atoms with Gasteiger partial charge in [-0.3, -0.25) is 0 Å². The van der Waals surface area contributed by atoms with Gasteiger partial charge in [0.25, 0.3) is 0 Å². The van der Waals surface area contributed by atoms with Crippen LogP contribution in [0.4, 0.5) is 0 Å². The minimum atomic E-state index is 0.249. The van der Waals surface area contributed by atoms with Gasteiger partial charge in [-0.2, -0.15) is 0 Å². The molecule has 3 heteroatoms. The molecule has 0 aliphatic carbocycles. The van der Waals surface area contributed by atoms with E-state index in [2.05, 4.69) is 43.6 Å². The lowest BCUT2D eigenvalue weighted by atomic mass is 9.98. The van der Waals surface area contributed by atoms with Crippen molar-refractivity contribution in [3.05, 3.63) is 56.2 Å². The molecule has 1 aromatic heterocycles. The first-order valence-corrected chi connectivity index (χ1v) is 7.93. The molecule has 0 aliphatic heterocycles. The lowest BCUT2D eigenvalue weighted by molar-refractivity contribution is 0.601. The molecule has 0 fully saturated rings. The summed E-state index contributed by atoms with van der Waals surface area (Å²) in [6.07, 6.45) is 1.13. The summed E-state index contributed by atoms with van der Waals surface area (Å²) in [5.74, 6) is 0. The number of benzene rings is 1. The SMILES string of the molecule is CCCNC(c1cccc(Cl)c1C)c1sccc1C. The lowest BCUT2D eigenvalue weighted by Gasteiger charge is -2.21. The van der Waals surface area contributed by atoms with Crippen molar-refractivity contribution < 1.29 is 0 Å². The minimum Gasteiger partial charge on any atom is -0.306 e. The highest BCUT2D eigenvalue weighted by atomic mass is 35.5. The highest BCUT2D eigenvalue weighted by Gasteiger charge is 2.19. The summed E-state index contributed by atoms with van der Waals surface area (Å²) in [5.41, 5.74) is 3.80. The maximum Gasteiger partial charge on any atom is 0.0676 e. The van der Waals surface area contributed by atoms with Crippen LogP contribution in [-0.4, -0.2) is 6.54 Å². The van der Waals surface area contributed by atoms with Crippen molar-refractivity contribution in [2.75, 3.05) is 6.54 Å². The fourth-order valence-corrected chi connectivity index (χ4v) is 3.45. The Morgan fingerprint density at radius 1 is 1.26 bits per heavy atom. The summed E-state index contributed by atoms with van der Waals surface area (Å²) >= 11 is 8.08. The van der Waals surface area contributed by atoms with Crippen LogP contribution in [0.15, 0.2) is 29.6 Å². The summed E-state index contributed by atoms with van der Waals surface area (Å²) in [5, 5.41) is 6.65. The van der Waals surface area contributed by atoms with E-state index in [0.29, 0.717) is 0 Å². The Bertz CT molecular complexity index is 547. The Hall–Kier alpha value is -0.830. The number of thiophene rings is 1. The first kappa shape index (κ1) is 14.6. The van der Waals surface area contributed by atoms with Gasteiger partial charge in [0.1, 0.15) is 0 Å². The Kier molecular flexibility index (Phi) is 5.03. The molecule has 0 amide bonds. The topological polar surface area (TPSA) is 12.0 Å². The van der Waals surface area contributed by atoms with E-state index in [4.69, 9.17) is 11.6 Å². The Balaban J connectivity index is 2.43. The van der Waals surface area contributed by atoms with Crippen molar-refractivity contribution in [2.24, 2.45) is 0 Å². The van der Waals surface area contributed by atoms with Crippen LogP contribution in [-0.2, 0) is 0 Å². The standard InChI is InChI=1S/C16H20ClNS/c1-4-9-18-15(16-11(2)8-10-19-16)13-6-5-7-14(17)12(13)3/h5-8,10,15,18H,4,9H2,1-3H3. The van der Waals surface area contributed by atoms with Gasteiger partial charge in [0.05, 0.1) is 6.04 Å². The van der Waals surface area contributed by atoms with Crippen LogP contribution in [0.5, 0.6) is 0 Å². The predicted octanol–water partition coefficient (Wildman–Crippen LogP) is 5.11. The predicted molar refractivity (Wildman–Crippen MR) is 85.4 cm³/mol. The van der Waals surface area contributed by atoms with Crippen LogP contribution in [0.2, 0.25) is 5.02 Å². The van der Waals surface area contributed by atoms with E-state index in [1.54, 1.807) is 0 Å². The molecule has 1 heterocycles. The molecule has 102 valence electrons. The summed E-state index contributed by atoms with van der Waals surface area (Å²) in [6.45, 7) is 7.47. The number of halogens is 1. The van der Waals surface area contributed by atoms with Crippen LogP contribution in [0.25, 0.3) is 0 Å². The highest BCUT2D eigenvalue weighted by molar-refractivity contribution is 7.10. The molecule has 0 radical (unpaired) electrons. The molecule has 1 unspecified atom stereocenters. The van der Waals surface area contributed by atoms with Gasteiger partial charge in [0, 0.05) is 9.90 Å². The summed E-state index contributed by atoms with van der Waals surface area (Å²) in [7, 11) is 0. The molecule has 1 atom stereocenters. The smallest absolute Gasteiger partial charge is 0.0676 e. The zero-order valence-electron chi connectivity index (χ0n) is 11.7. The van der Waals surface area contributed by atoms with Crippen molar-refractivity contribution in [1.29, 1.82) is 0 Å². The molecular formula is C16H20ClNS. The molecule has 2 rings (SSSR count). The molecule has 0 saturated heterocycles. The molecule has 1 nitrogen and oxygen atoms in total. The molecule has 2 aromatic rings. The zero-order chi connectivity index (χ0) is 13.8. The molecule has 19 heavy (non-hydrogen) atoms. The van der Waals surface area contributed by atoms with Gasteiger partial charge in [0.15, 0.2) is 0 Å². The number of aryl methyl sites for hydroxylation is 1. The molecule has 1 aromatic carbocycles. The Morgan fingerprint density at radius 3 is 2.68 bits per heavy atom. The first-order valence-electron chi connectivity index (χ1n) is 6.67. The number of hydrogen-bond donors (Lipinski definition) is 1. The maximum atomic E-state index is 6.27. The van der Waals surface area contributed by atoms with Crippen LogP contribution in [0, 0.1) is 13.8 Å². The van der Waals surface area contributed by atoms with Gasteiger partial charge in [0.2, 0.25) is 0 Å². The van der Waals surface area contributed by atoms with E-state index < -0.39 is 0 Å². The molecule has 0 aliphatic rings. The third kappa shape index (κ3) is 3.19. The summed E-state index contributed by atoms with van der Waals surface area (Å²) in [6, 6.07) is 8.60. The molecule has 0 saturated carbocycles. The monoisotopic (exact) mass is 293 g/mol. The average Bonchev–Trinajstić information content (AvgIpc) is 2.81. The van der Waals surface area contributed by atoms with Crippen molar-refractivity contribution in [1.82, 2.24) is 5.32 Å². The third-order valence-electron chi connectivity index (χ3n) is 3.38. The van der Waals surface area contributed by atoms with Gasteiger partial charge in [-0.15, -0.1) is 11.3 Å². The molecule has 0 bridgehead atoms. The van der Waals surface area contributed by atoms with Gasteiger partial charge in [-0.1, -0.05) is 30.7 Å². The van der Waals surface area contributed by atoms with E-state index in [-0.39, 0.29) is 6.04 Å². The Labute approximate surface area is 124 Å². The Morgan fingerprint density at radius 2 is 2.05 bits per heavy atom. The van der Waals surface area contributed by atoms with Crippen LogP contribution in [0.3, 0.4) is 0 Å². The van der Waals surface area contributed by atoms with E-state index in [9.17, 15) is 0 Å². The second-order valence-electron chi connectivity index (χ2n) is 4.81. The van der Waals surface area contributed by atoms with Gasteiger partial charge < -0.3 is 5.32 Å². The van der Waals surface area contributed by atoms with Gasteiger partial charge >= 0.3 is 0 Å². The highest BCUT2D eigenvalue weighted by Crippen LogP contribution is 2.33. The van der Waals surface area contributed by atoms with Gasteiger partial charge in [-0.25, -0.2) is 0 Å². The van der Waals surface area contributed by atoms with Crippen molar-refractivity contribution in [3.8, 4) is 0 Å². The van der Waals surface area contributed by atoms with Crippen LogP contribution >= 0.6 is 22.9 Å². The van der Waals surface area contributed by atoms with E-state index in [1.807, 2.05) is 23.5 Å². The lowest BCUT2D eigenvalue weighted by Crippen LogP contribution is -2.23. The average molecular weight is 294 g/mol. The second kappa shape index (κ2) is 6.56. The fraction of sp³-hybridized carbons (Fsp3) is 0.375. The number of rotatable bonds is 5. The largest absolute Gasteiger partial charge is 0.306 e. The molecule has 1 N–H and O–H groups in total. The minimum absolute atomic E-state index is 0.249. The first-order chi connectivity index (χ1) is 9.15.